The summed E-state index contributed by atoms with van der Waals surface area (Å²) in [6.45, 7) is 2.93. The molecule has 1 aliphatic carbocycles. The van der Waals surface area contributed by atoms with Crippen molar-refractivity contribution in [2.75, 3.05) is 13.1 Å². The first kappa shape index (κ1) is 18.6. The zero-order chi connectivity index (χ0) is 18.5. The van der Waals surface area contributed by atoms with E-state index in [2.05, 4.69) is 36.9 Å². The van der Waals surface area contributed by atoms with Crippen molar-refractivity contribution in [3.05, 3.63) is 40.1 Å². The minimum Gasteiger partial charge on any atom is -0.356 e. The van der Waals surface area contributed by atoms with E-state index in [4.69, 9.17) is 0 Å². The summed E-state index contributed by atoms with van der Waals surface area (Å²) in [6, 6.07) is 7.74. The number of hydrogen-bond donors (Lipinski definition) is 2. The number of carbonyl (C=O) groups is 2. The molecule has 2 aromatic rings. The van der Waals surface area contributed by atoms with Gasteiger partial charge in [0, 0.05) is 29.9 Å². The number of hydrogen-bond acceptors (Lipinski definition) is 4. The summed E-state index contributed by atoms with van der Waals surface area (Å²) in [4.78, 5) is 24.1. The minimum atomic E-state index is -0.279. The highest BCUT2D eigenvalue weighted by Gasteiger charge is 2.34. The SMILES string of the molecule is CCCNC(=O)CCNC(=O)c1nnn(-c2ccc(Br)cc2)c1C1CC1. The summed E-state index contributed by atoms with van der Waals surface area (Å²) >= 11 is 3.42. The number of carbonyl (C=O) groups excluding carboxylic acids is 2. The number of benzene rings is 1. The normalized spacial score (nSPS) is 13.5. The minimum absolute atomic E-state index is 0.0620. The zero-order valence-corrected chi connectivity index (χ0v) is 16.3. The van der Waals surface area contributed by atoms with Gasteiger partial charge in [-0.05, 0) is 43.5 Å². The van der Waals surface area contributed by atoms with Gasteiger partial charge in [-0.2, -0.15) is 0 Å². The van der Waals surface area contributed by atoms with Gasteiger partial charge in [-0.15, -0.1) is 5.10 Å². The summed E-state index contributed by atoms with van der Waals surface area (Å²) in [7, 11) is 0. The summed E-state index contributed by atoms with van der Waals surface area (Å²) < 4.78 is 2.72. The van der Waals surface area contributed by atoms with Gasteiger partial charge < -0.3 is 10.6 Å². The van der Waals surface area contributed by atoms with Crippen molar-refractivity contribution >= 4 is 27.7 Å². The van der Waals surface area contributed by atoms with Crippen LogP contribution in [0.15, 0.2) is 28.7 Å². The third-order valence-corrected chi connectivity index (χ3v) is 4.69. The summed E-state index contributed by atoms with van der Waals surface area (Å²) in [5.41, 5.74) is 2.07. The monoisotopic (exact) mass is 419 g/mol. The van der Waals surface area contributed by atoms with E-state index < -0.39 is 0 Å². The third kappa shape index (κ3) is 4.49. The lowest BCUT2D eigenvalue weighted by atomic mass is 10.2. The Hall–Kier alpha value is -2.22. The molecule has 7 nitrogen and oxygen atoms in total. The Kier molecular flexibility index (Phi) is 6.03. The van der Waals surface area contributed by atoms with Gasteiger partial charge in [0.05, 0.1) is 11.4 Å². The molecule has 1 aromatic heterocycles. The second-order valence-corrected chi connectivity index (χ2v) is 7.26. The number of nitrogens with one attached hydrogen (secondary N) is 2. The molecule has 0 spiro atoms. The van der Waals surface area contributed by atoms with Gasteiger partial charge in [0.1, 0.15) is 0 Å². The molecule has 0 saturated heterocycles. The van der Waals surface area contributed by atoms with Crippen LogP contribution < -0.4 is 10.6 Å². The van der Waals surface area contributed by atoms with Crippen molar-refractivity contribution in [3.8, 4) is 5.69 Å². The lowest BCUT2D eigenvalue weighted by Gasteiger charge is -2.08. The molecule has 2 amide bonds. The lowest BCUT2D eigenvalue weighted by Crippen LogP contribution is -2.31. The molecule has 138 valence electrons. The van der Waals surface area contributed by atoms with Gasteiger partial charge in [0.2, 0.25) is 5.91 Å². The Bertz CT molecular complexity index is 783. The van der Waals surface area contributed by atoms with Crippen LogP contribution in [0.2, 0.25) is 0 Å². The van der Waals surface area contributed by atoms with E-state index in [1.54, 1.807) is 4.68 Å². The molecule has 0 atom stereocenters. The molecule has 26 heavy (non-hydrogen) atoms. The van der Waals surface area contributed by atoms with Crippen molar-refractivity contribution in [1.82, 2.24) is 25.6 Å². The van der Waals surface area contributed by atoms with Crippen LogP contribution in [-0.4, -0.2) is 39.9 Å². The molecule has 1 fully saturated rings. The third-order valence-electron chi connectivity index (χ3n) is 4.17. The summed E-state index contributed by atoms with van der Waals surface area (Å²) in [6.07, 6.45) is 3.21. The maximum Gasteiger partial charge on any atom is 0.273 e. The van der Waals surface area contributed by atoms with Crippen LogP contribution in [0, 0.1) is 0 Å². The van der Waals surface area contributed by atoms with E-state index in [0.717, 1.165) is 35.1 Å². The van der Waals surface area contributed by atoms with E-state index >= 15 is 0 Å². The topological polar surface area (TPSA) is 88.9 Å². The van der Waals surface area contributed by atoms with Crippen molar-refractivity contribution in [3.63, 3.8) is 0 Å². The predicted molar refractivity (Wildman–Crippen MR) is 101 cm³/mol. The van der Waals surface area contributed by atoms with Crippen molar-refractivity contribution in [2.45, 2.75) is 38.5 Å². The van der Waals surface area contributed by atoms with Crippen LogP contribution >= 0.6 is 15.9 Å². The first-order valence-corrected chi connectivity index (χ1v) is 9.66. The number of aromatic nitrogens is 3. The van der Waals surface area contributed by atoms with Crippen LogP contribution in [0.3, 0.4) is 0 Å². The number of amides is 2. The van der Waals surface area contributed by atoms with Gasteiger partial charge in [-0.1, -0.05) is 28.1 Å². The molecule has 3 rings (SSSR count). The molecular weight excluding hydrogens is 398 g/mol. The number of halogens is 1. The standard InChI is InChI=1S/C18H22BrN5O2/c1-2-10-20-15(25)9-11-21-18(26)16-17(12-3-4-12)24(23-22-16)14-7-5-13(19)6-8-14/h5-8,12H,2-4,9-11H2,1H3,(H,20,25)(H,21,26). The second-order valence-electron chi connectivity index (χ2n) is 6.34. The number of nitrogens with zero attached hydrogens (tertiary/aromatic N) is 3. The first-order valence-electron chi connectivity index (χ1n) is 8.86. The molecule has 8 heteroatoms. The molecule has 0 aliphatic heterocycles. The Morgan fingerprint density at radius 1 is 1.19 bits per heavy atom. The zero-order valence-electron chi connectivity index (χ0n) is 14.7. The number of rotatable bonds is 8. The molecule has 1 aliphatic rings. The highest BCUT2D eigenvalue weighted by molar-refractivity contribution is 9.10. The first-order chi connectivity index (χ1) is 12.6. The van der Waals surface area contributed by atoms with Gasteiger partial charge in [-0.3, -0.25) is 9.59 Å². The fourth-order valence-electron chi connectivity index (χ4n) is 2.67. The van der Waals surface area contributed by atoms with Crippen LogP contribution in [0.1, 0.15) is 54.7 Å². The van der Waals surface area contributed by atoms with Crippen molar-refractivity contribution in [1.29, 1.82) is 0 Å². The highest BCUT2D eigenvalue weighted by atomic mass is 79.9. The molecule has 0 bridgehead atoms. The molecule has 1 heterocycles. The molecule has 1 aromatic carbocycles. The van der Waals surface area contributed by atoms with Crippen LogP contribution in [-0.2, 0) is 4.79 Å². The maximum atomic E-state index is 12.5. The highest BCUT2D eigenvalue weighted by Crippen LogP contribution is 2.42. The van der Waals surface area contributed by atoms with Gasteiger partial charge in [0.15, 0.2) is 5.69 Å². The van der Waals surface area contributed by atoms with E-state index in [-0.39, 0.29) is 24.8 Å². The lowest BCUT2D eigenvalue weighted by molar-refractivity contribution is -0.120. The Morgan fingerprint density at radius 3 is 2.58 bits per heavy atom. The maximum absolute atomic E-state index is 12.5. The summed E-state index contributed by atoms with van der Waals surface area (Å²) in [5, 5.41) is 13.9. The molecule has 1 saturated carbocycles. The quantitative estimate of drug-likeness (QED) is 0.687. The predicted octanol–water partition coefficient (Wildman–Crippen LogP) is 2.55. The van der Waals surface area contributed by atoms with E-state index in [1.165, 1.54) is 0 Å². The molecular formula is C18H22BrN5O2. The summed E-state index contributed by atoms with van der Waals surface area (Å²) in [5.74, 6) is -0.0334. The fourth-order valence-corrected chi connectivity index (χ4v) is 2.94. The van der Waals surface area contributed by atoms with Crippen molar-refractivity contribution in [2.24, 2.45) is 0 Å². The van der Waals surface area contributed by atoms with Gasteiger partial charge in [0.25, 0.3) is 5.91 Å². The largest absolute Gasteiger partial charge is 0.356 e. The Labute approximate surface area is 160 Å². The molecule has 0 radical (unpaired) electrons. The second kappa shape index (κ2) is 8.44. The average molecular weight is 420 g/mol. The van der Waals surface area contributed by atoms with Crippen molar-refractivity contribution < 1.29 is 9.59 Å². The van der Waals surface area contributed by atoms with E-state index in [9.17, 15) is 9.59 Å². The molecule has 0 unspecified atom stereocenters. The Morgan fingerprint density at radius 2 is 1.92 bits per heavy atom. The Balaban J connectivity index is 1.69. The molecule has 2 N–H and O–H groups in total. The van der Waals surface area contributed by atoms with Crippen LogP contribution in [0.25, 0.3) is 5.69 Å². The smallest absolute Gasteiger partial charge is 0.273 e. The van der Waals surface area contributed by atoms with Crippen LogP contribution in [0.4, 0.5) is 0 Å². The van der Waals surface area contributed by atoms with Gasteiger partial charge in [-0.25, -0.2) is 4.68 Å². The fraction of sp³-hybridized carbons (Fsp3) is 0.444. The van der Waals surface area contributed by atoms with Gasteiger partial charge >= 0.3 is 0 Å². The van der Waals surface area contributed by atoms with E-state index in [0.29, 0.717) is 18.2 Å². The average Bonchev–Trinajstić information content (AvgIpc) is 3.38. The van der Waals surface area contributed by atoms with E-state index in [1.807, 2.05) is 31.2 Å². The van der Waals surface area contributed by atoms with Crippen LogP contribution in [0.5, 0.6) is 0 Å².